The van der Waals surface area contributed by atoms with E-state index in [1.54, 1.807) is 31.3 Å². The number of halogens is 1. The zero-order chi connectivity index (χ0) is 24.1. The Labute approximate surface area is 193 Å². The molecule has 1 atom stereocenters. The second-order valence-corrected chi connectivity index (χ2v) is 8.77. The molecule has 3 rings (SSSR count). The van der Waals surface area contributed by atoms with Gasteiger partial charge >= 0.3 is 0 Å². The van der Waals surface area contributed by atoms with E-state index in [-0.39, 0.29) is 18.8 Å². The Morgan fingerprint density at radius 1 is 1.09 bits per heavy atom. The Morgan fingerprint density at radius 2 is 1.72 bits per heavy atom. The van der Waals surface area contributed by atoms with Gasteiger partial charge in [-0.15, -0.1) is 0 Å². The van der Waals surface area contributed by atoms with E-state index in [4.69, 9.17) is 21.4 Å². The molecule has 0 aliphatic heterocycles. The maximum Gasteiger partial charge on any atom is 0.258 e. The van der Waals surface area contributed by atoms with Crippen molar-refractivity contribution in [1.29, 1.82) is 0 Å². The summed E-state index contributed by atoms with van der Waals surface area (Å²) in [5.41, 5.74) is 2.21. The van der Waals surface area contributed by atoms with Crippen LogP contribution in [-0.4, -0.2) is 40.4 Å². The number of fused-ring (bicyclic) bond motifs is 1. The first kappa shape index (κ1) is 25.7. The molecule has 0 saturated heterocycles. The SMILES string of the molecule is CO.Cn1c(C(C=O)COC(C)(C)C)c(-c2ccc(Cl)cc2)c2ccc(CO)cc2c1=O. The summed E-state index contributed by atoms with van der Waals surface area (Å²) in [6.45, 7) is 5.76. The van der Waals surface area contributed by atoms with Crippen molar-refractivity contribution in [1.82, 2.24) is 4.57 Å². The number of benzene rings is 2. The molecular formula is C25H30ClNO5. The first-order valence-electron chi connectivity index (χ1n) is 10.2. The van der Waals surface area contributed by atoms with Crippen LogP contribution >= 0.6 is 11.6 Å². The first-order valence-corrected chi connectivity index (χ1v) is 10.6. The fourth-order valence-corrected chi connectivity index (χ4v) is 3.68. The lowest BCUT2D eigenvalue weighted by Crippen LogP contribution is -2.29. The van der Waals surface area contributed by atoms with Crippen molar-refractivity contribution in [2.75, 3.05) is 13.7 Å². The zero-order valence-electron chi connectivity index (χ0n) is 19.1. The molecule has 0 spiro atoms. The number of nitrogens with zero attached hydrogens (tertiary/aromatic N) is 1. The van der Waals surface area contributed by atoms with Crippen molar-refractivity contribution in [2.24, 2.45) is 7.05 Å². The lowest BCUT2D eigenvalue weighted by Gasteiger charge is -2.25. The van der Waals surface area contributed by atoms with Crippen LogP contribution in [0.3, 0.4) is 0 Å². The molecule has 0 radical (unpaired) electrons. The molecule has 172 valence electrons. The van der Waals surface area contributed by atoms with Crippen molar-refractivity contribution >= 4 is 28.7 Å². The van der Waals surface area contributed by atoms with Gasteiger partial charge in [0.15, 0.2) is 0 Å². The molecular weight excluding hydrogens is 430 g/mol. The van der Waals surface area contributed by atoms with Gasteiger partial charge < -0.3 is 24.3 Å². The number of ether oxygens (including phenoxy) is 1. The van der Waals surface area contributed by atoms with Crippen molar-refractivity contribution < 1.29 is 19.7 Å². The Balaban J connectivity index is 0.00000176. The summed E-state index contributed by atoms with van der Waals surface area (Å²) >= 11 is 6.08. The monoisotopic (exact) mass is 459 g/mol. The highest BCUT2D eigenvalue weighted by atomic mass is 35.5. The quantitative estimate of drug-likeness (QED) is 0.543. The Hall–Kier alpha value is -2.51. The maximum atomic E-state index is 13.2. The summed E-state index contributed by atoms with van der Waals surface area (Å²) in [7, 11) is 2.66. The molecule has 0 aliphatic carbocycles. The minimum Gasteiger partial charge on any atom is -0.400 e. The van der Waals surface area contributed by atoms with Crippen LogP contribution in [0.4, 0.5) is 0 Å². The lowest BCUT2D eigenvalue weighted by atomic mass is 9.91. The van der Waals surface area contributed by atoms with Gasteiger partial charge in [0.1, 0.15) is 6.29 Å². The highest BCUT2D eigenvalue weighted by Crippen LogP contribution is 2.35. The molecule has 32 heavy (non-hydrogen) atoms. The molecule has 2 N–H and O–H groups in total. The normalized spacial score (nSPS) is 12.2. The van der Waals surface area contributed by atoms with Crippen molar-refractivity contribution in [2.45, 2.75) is 38.9 Å². The van der Waals surface area contributed by atoms with Gasteiger partial charge in [0.2, 0.25) is 0 Å². The number of aliphatic hydroxyl groups excluding tert-OH is 2. The van der Waals surface area contributed by atoms with Crippen LogP contribution in [0.1, 0.15) is 37.9 Å². The van der Waals surface area contributed by atoms with Gasteiger partial charge in [0.25, 0.3) is 5.56 Å². The van der Waals surface area contributed by atoms with E-state index in [0.717, 1.165) is 29.9 Å². The summed E-state index contributed by atoms with van der Waals surface area (Å²) in [5, 5.41) is 18.3. The zero-order valence-corrected chi connectivity index (χ0v) is 19.8. The van der Waals surface area contributed by atoms with E-state index in [9.17, 15) is 14.7 Å². The maximum absolute atomic E-state index is 13.2. The number of carbonyl (C=O) groups is 1. The molecule has 2 aromatic carbocycles. The van der Waals surface area contributed by atoms with Crippen molar-refractivity contribution in [3.63, 3.8) is 0 Å². The molecule has 0 aliphatic rings. The molecule has 0 amide bonds. The highest BCUT2D eigenvalue weighted by Gasteiger charge is 2.25. The Kier molecular flexibility index (Phi) is 8.75. The van der Waals surface area contributed by atoms with E-state index in [1.165, 1.54) is 4.57 Å². The van der Waals surface area contributed by atoms with Crippen molar-refractivity contribution in [3.05, 3.63) is 69.1 Å². The van der Waals surface area contributed by atoms with Crippen LogP contribution in [-0.2, 0) is 23.2 Å². The van der Waals surface area contributed by atoms with Gasteiger partial charge in [-0.3, -0.25) is 4.79 Å². The first-order chi connectivity index (χ1) is 15.2. The summed E-state index contributed by atoms with van der Waals surface area (Å²) < 4.78 is 7.40. The number of hydrogen-bond donors (Lipinski definition) is 2. The van der Waals surface area contributed by atoms with Crippen LogP contribution in [0, 0.1) is 0 Å². The van der Waals surface area contributed by atoms with Crippen LogP contribution in [0.15, 0.2) is 47.3 Å². The minimum atomic E-state index is -0.630. The number of aldehydes is 1. The van der Waals surface area contributed by atoms with Gasteiger partial charge in [-0.25, -0.2) is 0 Å². The van der Waals surface area contributed by atoms with Gasteiger partial charge in [0, 0.05) is 35.8 Å². The van der Waals surface area contributed by atoms with Gasteiger partial charge in [0.05, 0.1) is 24.7 Å². The fourth-order valence-electron chi connectivity index (χ4n) is 3.56. The molecule has 1 unspecified atom stereocenters. The van der Waals surface area contributed by atoms with Crippen molar-refractivity contribution in [3.8, 4) is 11.1 Å². The molecule has 0 saturated carbocycles. The smallest absolute Gasteiger partial charge is 0.258 e. The third kappa shape index (κ3) is 5.64. The van der Waals surface area contributed by atoms with Gasteiger partial charge in [-0.05, 0) is 55.5 Å². The summed E-state index contributed by atoms with van der Waals surface area (Å²) in [6.07, 6.45) is 0.827. The van der Waals surface area contributed by atoms with Crippen LogP contribution in [0.25, 0.3) is 21.9 Å². The molecule has 6 nitrogen and oxygen atoms in total. The third-order valence-electron chi connectivity index (χ3n) is 5.03. The molecule has 1 heterocycles. The van der Waals surface area contributed by atoms with E-state index >= 15 is 0 Å². The number of pyridine rings is 1. The summed E-state index contributed by atoms with van der Waals surface area (Å²) in [6, 6.07) is 12.6. The van der Waals surface area contributed by atoms with Gasteiger partial charge in [-0.1, -0.05) is 35.9 Å². The standard InChI is InChI=1S/C24H26ClNO4.CH4O/c1-24(2,3)30-14-17(13-28)22-21(16-6-8-18(25)9-7-16)19-10-5-15(12-27)11-20(19)23(29)26(22)4;1-2/h5-11,13,17,27H,12,14H2,1-4H3;2H,1H3. The summed E-state index contributed by atoms with van der Waals surface area (Å²) in [5.74, 6) is -0.630. The topological polar surface area (TPSA) is 88.8 Å². The molecule has 1 aromatic heterocycles. The predicted molar refractivity (Wildman–Crippen MR) is 128 cm³/mol. The van der Waals surface area contributed by atoms with Crippen LogP contribution < -0.4 is 5.56 Å². The second kappa shape index (κ2) is 10.9. The number of hydrogen-bond acceptors (Lipinski definition) is 5. The number of aliphatic hydroxyl groups is 2. The second-order valence-electron chi connectivity index (χ2n) is 8.34. The highest BCUT2D eigenvalue weighted by molar-refractivity contribution is 6.30. The lowest BCUT2D eigenvalue weighted by molar-refractivity contribution is -0.112. The van der Waals surface area contributed by atoms with E-state index < -0.39 is 11.5 Å². The van der Waals surface area contributed by atoms with E-state index in [2.05, 4.69) is 0 Å². The van der Waals surface area contributed by atoms with E-state index in [0.29, 0.717) is 21.7 Å². The van der Waals surface area contributed by atoms with Crippen LogP contribution in [0.5, 0.6) is 0 Å². The Bertz CT molecular complexity index is 1130. The van der Waals surface area contributed by atoms with Gasteiger partial charge in [-0.2, -0.15) is 0 Å². The average molecular weight is 460 g/mol. The molecule has 0 fully saturated rings. The number of rotatable bonds is 6. The Morgan fingerprint density at radius 3 is 2.25 bits per heavy atom. The number of aromatic nitrogens is 1. The van der Waals surface area contributed by atoms with E-state index in [1.807, 2.05) is 39.0 Å². The third-order valence-corrected chi connectivity index (χ3v) is 5.28. The molecule has 3 aromatic rings. The number of carbonyl (C=O) groups excluding carboxylic acids is 1. The molecule has 0 bridgehead atoms. The predicted octanol–water partition coefficient (Wildman–Crippen LogP) is 4.06. The largest absolute Gasteiger partial charge is 0.400 e. The van der Waals surface area contributed by atoms with Crippen LogP contribution in [0.2, 0.25) is 5.02 Å². The summed E-state index contributed by atoms with van der Waals surface area (Å²) in [4.78, 5) is 25.3. The average Bonchev–Trinajstić information content (AvgIpc) is 2.78. The minimum absolute atomic E-state index is 0.154. The fraction of sp³-hybridized carbons (Fsp3) is 0.360. The molecule has 7 heteroatoms.